The first-order valence-electron chi connectivity index (χ1n) is 5.25. The second kappa shape index (κ2) is 5.61. The summed E-state index contributed by atoms with van der Waals surface area (Å²) in [7, 11) is 0. The Balaban J connectivity index is 1.94. The fourth-order valence-corrected chi connectivity index (χ4v) is 3.11. The van der Waals surface area contributed by atoms with Crippen molar-refractivity contribution in [1.29, 1.82) is 0 Å². The molecule has 1 unspecified atom stereocenters. The van der Waals surface area contributed by atoms with Gasteiger partial charge in [-0.05, 0) is 0 Å². The van der Waals surface area contributed by atoms with Crippen LogP contribution in [0.1, 0.15) is 17.4 Å². The average Bonchev–Trinajstić information content (AvgIpc) is 2.79. The normalized spacial score (nSPS) is 19.9. The molecule has 1 fully saturated rings. The molecule has 7 heteroatoms. The van der Waals surface area contributed by atoms with Crippen molar-refractivity contribution < 1.29 is 9.59 Å². The molecule has 2 rings (SSSR count). The van der Waals surface area contributed by atoms with E-state index >= 15 is 0 Å². The van der Waals surface area contributed by atoms with Crippen LogP contribution in [0.25, 0.3) is 0 Å². The van der Waals surface area contributed by atoms with Crippen molar-refractivity contribution in [2.24, 2.45) is 0 Å². The molecule has 1 atom stereocenters. The molecule has 1 aliphatic rings. The van der Waals surface area contributed by atoms with Gasteiger partial charge in [-0.3, -0.25) is 9.59 Å². The number of thioether (sulfide) groups is 1. The van der Waals surface area contributed by atoms with Crippen LogP contribution in [-0.2, 0) is 4.79 Å². The van der Waals surface area contributed by atoms with Gasteiger partial charge in [0, 0.05) is 30.4 Å². The lowest BCUT2D eigenvalue weighted by Crippen LogP contribution is -2.46. The first-order valence-corrected chi connectivity index (χ1v) is 7.28. The number of amides is 1. The Labute approximate surface area is 107 Å². The smallest absolute Gasteiger partial charge is 0.244 e. The minimum atomic E-state index is -0.168. The topological polar surface area (TPSA) is 71.1 Å². The van der Waals surface area contributed by atoms with Crippen molar-refractivity contribution in [2.45, 2.75) is 13.0 Å². The van der Waals surface area contributed by atoms with Crippen LogP contribution < -0.4 is 10.6 Å². The van der Waals surface area contributed by atoms with Gasteiger partial charge in [-0.1, -0.05) is 0 Å². The zero-order valence-electron chi connectivity index (χ0n) is 9.36. The van der Waals surface area contributed by atoms with Gasteiger partial charge < -0.3 is 10.6 Å². The summed E-state index contributed by atoms with van der Waals surface area (Å²) >= 11 is 3.03. The van der Waals surface area contributed by atoms with Crippen molar-refractivity contribution in [3.8, 4) is 0 Å². The minimum absolute atomic E-state index is 0.0818. The molecule has 1 aromatic rings. The third-order valence-electron chi connectivity index (χ3n) is 2.33. The Hall–Kier alpha value is -0.920. The third-order valence-corrected chi connectivity index (χ3v) is 4.15. The van der Waals surface area contributed by atoms with E-state index in [4.69, 9.17) is 0 Å². The van der Waals surface area contributed by atoms with E-state index in [0.29, 0.717) is 10.8 Å². The summed E-state index contributed by atoms with van der Waals surface area (Å²) in [5.41, 5.74) is 0.399. The van der Waals surface area contributed by atoms with Crippen LogP contribution >= 0.6 is 23.1 Å². The highest BCUT2D eigenvalue weighted by molar-refractivity contribution is 7.99. The first-order chi connectivity index (χ1) is 8.16. The average molecular weight is 271 g/mol. The standard InChI is InChI=1S/C10H13N3O2S2/c1-6(14)7-5-17-10(12-7)13-9(15)8-4-16-3-2-11-8/h5,8,11H,2-4H2,1H3,(H,12,13,15). The predicted molar refractivity (Wildman–Crippen MR) is 69.9 cm³/mol. The molecular weight excluding hydrogens is 258 g/mol. The molecule has 0 saturated carbocycles. The summed E-state index contributed by atoms with van der Waals surface area (Å²) in [5.74, 6) is 1.64. The number of hydrogen-bond acceptors (Lipinski definition) is 6. The second-order valence-electron chi connectivity index (χ2n) is 3.66. The third kappa shape index (κ3) is 3.27. The number of hydrogen-bond donors (Lipinski definition) is 2. The van der Waals surface area contributed by atoms with Crippen LogP contribution in [0.15, 0.2) is 5.38 Å². The predicted octanol–water partition coefficient (Wildman–Crippen LogP) is 0.989. The molecule has 2 heterocycles. The van der Waals surface area contributed by atoms with Crippen LogP contribution in [0.3, 0.4) is 0 Å². The van der Waals surface area contributed by atoms with Gasteiger partial charge in [0.15, 0.2) is 10.9 Å². The van der Waals surface area contributed by atoms with Crippen LogP contribution in [-0.4, -0.2) is 40.8 Å². The molecule has 1 aromatic heterocycles. The number of aromatic nitrogens is 1. The lowest BCUT2D eigenvalue weighted by atomic mass is 10.3. The van der Waals surface area contributed by atoms with Gasteiger partial charge in [0.1, 0.15) is 5.69 Å². The molecule has 1 aliphatic heterocycles. The van der Waals surface area contributed by atoms with E-state index in [-0.39, 0.29) is 17.7 Å². The van der Waals surface area contributed by atoms with Gasteiger partial charge in [-0.25, -0.2) is 4.98 Å². The molecule has 0 radical (unpaired) electrons. The first kappa shape index (κ1) is 12.5. The summed E-state index contributed by atoms with van der Waals surface area (Å²) in [6.07, 6.45) is 0. The van der Waals surface area contributed by atoms with Gasteiger partial charge in [0.05, 0.1) is 6.04 Å². The number of carbonyl (C=O) groups excluding carboxylic acids is 2. The molecule has 5 nitrogen and oxygen atoms in total. The van der Waals surface area contributed by atoms with E-state index in [1.165, 1.54) is 18.3 Å². The maximum absolute atomic E-state index is 11.8. The summed E-state index contributed by atoms with van der Waals surface area (Å²) in [5, 5.41) is 8.01. The van der Waals surface area contributed by atoms with Crippen LogP contribution in [0.2, 0.25) is 0 Å². The largest absolute Gasteiger partial charge is 0.304 e. The monoisotopic (exact) mass is 271 g/mol. The van der Waals surface area contributed by atoms with E-state index in [0.717, 1.165) is 18.1 Å². The Bertz CT molecular complexity index is 427. The molecule has 1 saturated heterocycles. The lowest BCUT2D eigenvalue weighted by molar-refractivity contribution is -0.117. The van der Waals surface area contributed by atoms with Gasteiger partial charge in [0.2, 0.25) is 5.91 Å². The highest BCUT2D eigenvalue weighted by Gasteiger charge is 2.21. The van der Waals surface area contributed by atoms with E-state index < -0.39 is 0 Å². The van der Waals surface area contributed by atoms with Crippen molar-refractivity contribution in [3.05, 3.63) is 11.1 Å². The summed E-state index contributed by atoms with van der Waals surface area (Å²) in [4.78, 5) is 27.0. The van der Waals surface area contributed by atoms with E-state index in [2.05, 4.69) is 15.6 Å². The summed E-state index contributed by atoms with van der Waals surface area (Å²) < 4.78 is 0. The molecule has 1 amide bonds. The molecular formula is C10H13N3O2S2. The fourth-order valence-electron chi connectivity index (χ4n) is 1.42. The van der Waals surface area contributed by atoms with E-state index in [1.807, 2.05) is 0 Å². The Kier molecular flexibility index (Phi) is 4.14. The molecule has 0 spiro atoms. The number of Topliss-reactive ketones (excluding diaryl/α,β-unsaturated/α-hetero) is 1. The Morgan fingerprint density at radius 1 is 1.59 bits per heavy atom. The fraction of sp³-hybridized carbons (Fsp3) is 0.500. The number of nitrogens with zero attached hydrogens (tertiary/aromatic N) is 1. The molecule has 0 aromatic carbocycles. The van der Waals surface area contributed by atoms with Gasteiger partial charge in [-0.15, -0.1) is 11.3 Å². The van der Waals surface area contributed by atoms with Crippen molar-refractivity contribution in [1.82, 2.24) is 10.3 Å². The van der Waals surface area contributed by atoms with Gasteiger partial charge in [0.25, 0.3) is 0 Å². The molecule has 0 aliphatic carbocycles. The summed E-state index contributed by atoms with van der Waals surface area (Å²) in [6, 6.07) is -0.168. The van der Waals surface area contributed by atoms with Crippen LogP contribution in [0.4, 0.5) is 5.13 Å². The van der Waals surface area contributed by atoms with Gasteiger partial charge >= 0.3 is 0 Å². The lowest BCUT2D eigenvalue weighted by Gasteiger charge is -2.21. The maximum atomic E-state index is 11.8. The molecule has 2 N–H and O–H groups in total. The van der Waals surface area contributed by atoms with Gasteiger partial charge in [-0.2, -0.15) is 11.8 Å². The van der Waals surface area contributed by atoms with E-state index in [1.54, 1.807) is 17.1 Å². The second-order valence-corrected chi connectivity index (χ2v) is 5.67. The number of carbonyl (C=O) groups is 2. The summed E-state index contributed by atoms with van der Waals surface area (Å²) in [6.45, 7) is 2.30. The number of anilines is 1. The van der Waals surface area contributed by atoms with Crippen molar-refractivity contribution in [2.75, 3.05) is 23.4 Å². The SMILES string of the molecule is CC(=O)c1csc(NC(=O)C2CSCCN2)n1. The molecule has 17 heavy (non-hydrogen) atoms. The van der Waals surface area contributed by atoms with E-state index in [9.17, 15) is 9.59 Å². The van der Waals surface area contributed by atoms with Crippen molar-refractivity contribution >= 4 is 39.9 Å². The van der Waals surface area contributed by atoms with Crippen LogP contribution in [0.5, 0.6) is 0 Å². The molecule has 0 bridgehead atoms. The Morgan fingerprint density at radius 2 is 2.41 bits per heavy atom. The number of ketones is 1. The minimum Gasteiger partial charge on any atom is -0.304 e. The quantitative estimate of drug-likeness (QED) is 0.802. The Morgan fingerprint density at radius 3 is 3.00 bits per heavy atom. The zero-order valence-corrected chi connectivity index (χ0v) is 11.0. The molecule has 92 valence electrons. The number of nitrogens with one attached hydrogen (secondary N) is 2. The number of rotatable bonds is 3. The number of thiazole rings is 1. The van der Waals surface area contributed by atoms with Crippen LogP contribution in [0, 0.1) is 0 Å². The van der Waals surface area contributed by atoms with Crippen molar-refractivity contribution in [3.63, 3.8) is 0 Å². The highest BCUT2D eigenvalue weighted by Crippen LogP contribution is 2.17. The zero-order chi connectivity index (χ0) is 12.3. The highest BCUT2D eigenvalue weighted by atomic mass is 32.2. The maximum Gasteiger partial charge on any atom is 0.244 e.